The maximum atomic E-state index is 13.1. The van der Waals surface area contributed by atoms with Crippen molar-refractivity contribution in [3.05, 3.63) is 59.4 Å². The van der Waals surface area contributed by atoms with Crippen molar-refractivity contribution >= 4 is 33.3 Å². The minimum atomic E-state index is -3.97. The van der Waals surface area contributed by atoms with Crippen LogP contribution in [-0.2, 0) is 14.8 Å². The Hall–Kier alpha value is -2.12. The van der Waals surface area contributed by atoms with Gasteiger partial charge in [-0.25, -0.2) is 12.8 Å². The zero-order valence-electron chi connectivity index (χ0n) is 12.5. The van der Waals surface area contributed by atoms with Crippen molar-refractivity contribution in [1.82, 2.24) is 0 Å². The highest BCUT2D eigenvalue weighted by Crippen LogP contribution is 2.26. The van der Waals surface area contributed by atoms with Crippen LogP contribution in [0.15, 0.2) is 53.4 Å². The fourth-order valence-corrected chi connectivity index (χ4v) is 3.81. The predicted octanol–water partition coefficient (Wildman–Crippen LogP) is 3.54. The van der Waals surface area contributed by atoms with Gasteiger partial charge in [0, 0.05) is 18.0 Å². The Kier molecular flexibility index (Phi) is 5.80. The van der Waals surface area contributed by atoms with Crippen molar-refractivity contribution in [1.29, 1.82) is 0 Å². The van der Waals surface area contributed by atoms with Gasteiger partial charge in [0.2, 0.25) is 0 Å². The molecular formula is C16H15ClFNO4S. The van der Waals surface area contributed by atoms with E-state index in [1.165, 1.54) is 18.2 Å². The van der Waals surface area contributed by atoms with Gasteiger partial charge in [0.05, 0.1) is 10.6 Å². The first-order valence-electron chi connectivity index (χ1n) is 7.06. The van der Waals surface area contributed by atoms with Crippen molar-refractivity contribution in [3.8, 4) is 0 Å². The number of rotatable bonds is 7. The van der Waals surface area contributed by atoms with Gasteiger partial charge >= 0.3 is 5.97 Å². The average molecular weight is 372 g/mol. The number of benzene rings is 2. The van der Waals surface area contributed by atoms with Crippen LogP contribution >= 0.6 is 11.6 Å². The molecule has 0 amide bonds. The topological polar surface area (TPSA) is 74.7 Å². The molecule has 0 fully saturated rings. The van der Waals surface area contributed by atoms with Gasteiger partial charge in [-0.1, -0.05) is 17.7 Å². The number of halogens is 2. The summed E-state index contributed by atoms with van der Waals surface area (Å²) in [5, 5.41) is 9.11. The molecule has 0 aliphatic heterocycles. The standard InChI is InChI=1S/C16H15ClFNO4S/c17-12-3-1-4-14(11-12)19(10-2-5-16(20)21)24(22,23)15-8-6-13(18)7-9-15/h1,3-4,6-9,11H,2,5,10H2,(H,20,21). The lowest BCUT2D eigenvalue weighted by Gasteiger charge is -2.24. The summed E-state index contributed by atoms with van der Waals surface area (Å²) in [7, 11) is -3.97. The molecule has 0 unspecified atom stereocenters. The van der Waals surface area contributed by atoms with Crippen LogP contribution in [0, 0.1) is 5.82 Å². The quantitative estimate of drug-likeness (QED) is 0.807. The number of anilines is 1. The molecule has 24 heavy (non-hydrogen) atoms. The van der Waals surface area contributed by atoms with E-state index < -0.39 is 21.8 Å². The summed E-state index contributed by atoms with van der Waals surface area (Å²) >= 11 is 5.93. The smallest absolute Gasteiger partial charge is 0.303 e. The normalized spacial score (nSPS) is 11.2. The number of aliphatic carboxylic acids is 1. The largest absolute Gasteiger partial charge is 0.481 e. The molecule has 0 aliphatic rings. The number of sulfonamides is 1. The SMILES string of the molecule is O=C(O)CCCN(c1cccc(Cl)c1)S(=O)(=O)c1ccc(F)cc1. The van der Waals surface area contributed by atoms with Gasteiger partial charge in [0.1, 0.15) is 5.82 Å². The minimum absolute atomic E-state index is 0.0354. The number of hydrogen-bond donors (Lipinski definition) is 1. The molecule has 2 aromatic carbocycles. The molecule has 2 rings (SSSR count). The van der Waals surface area contributed by atoms with Crippen molar-refractivity contribution in [3.63, 3.8) is 0 Å². The first kappa shape index (κ1) is 18.2. The van der Waals surface area contributed by atoms with E-state index in [1.807, 2.05) is 0 Å². The van der Waals surface area contributed by atoms with E-state index in [0.717, 1.165) is 16.4 Å². The zero-order valence-corrected chi connectivity index (χ0v) is 14.1. The van der Waals surface area contributed by atoms with Crippen molar-refractivity contribution in [2.45, 2.75) is 17.7 Å². The molecule has 1 N–H and O–H groups in total. The lowest BCUT2D eigenvalue weighted by molar-refractivity contribution is -0.137. The van der Waals surface area contributed by atoms with Gasteiger partial charge in [0.25, 0.3) is 10.0 Å². The highest BCUT2D eigenvalue weighted by molar-refractivity contribution is 7.92. The number of carboxylic acid groups (broad SMARTS) is 1. The molecule has 0 heterocycles. The molecule has 128 valence electrons. The van der Waals surface area contributed by atoms with Gasteiger partial charge in [0.15, 0.2) is 0 Å². The van der Waals surface area contributed by atoms with Gasteiger partial charge in [-0.05, 0) is 48.9 Å². The molecule has 0 bridgehead atoms. The van der Waals surface area contributed by atoms with Gasteiger partial charge < -0.3 is 5.11 Å². The van der Waals surface area contributed by atoms with E-state index in [4.69, 9.17) is 16.7 Å². The minimum Gasteiger partial charge on any atom is -0.481 e. The lowest BCUT2D eigenvalue weighted by atomic mass is 10.3. The van der Waals surface area contributed by atoms with Gasteiger partial charge in [-0.2, -0.15) is 0 Å². The summed E-state index contributed by atoms with van der Waals surface area (Å²) in [5.41, 5.74) is 0.317. The van der Waals surface area contributed by atoms with E-state index in [9.17, 15) is 17.6 Å². The van der Waals surface area contributed by atoms with E-state index >= 15 is 0 Å². The van der Waals surface area contributed by atoms with Crippen LogP contribution < -0.4 is 4.31 Å². The Bertz CT molecular complexity index is 824. The van der Waals surface area contributed by atoms with Crippen molar-refractivity contribution in [2.24, 2.45) is 0 Å². The summed E-state index contributed by atoms with van der Waals surface area (Å²) in [5.74, 6) is -1.56. The van der Waals surface area contributed by atoms with Crippen LogP contribution in [0.5, 0.6) is 0 Å². The second-order valence-corrected chi connectivity index (χ2v) is 7.31. The molecule has 2 aromatic rings. The van der Waals surface area contributed by atoms with Gasteiger partial charge in [-0.3, -0.25) is 9.10 Å². The maximum absolute atomic E-state index is 13.1. The summed E-state index contributed by atoms with van der Waals surface area (Å²) in [6, 6.07) is 10.7. The number of carboxylic acids is 1. The molecule has 5 nitrogen and oxygen atoms in total. The number of carbonyl (C=O) groups is 1. The number of hydrogen-bond acceptors (Lipinski definition) is 3. The first-order chi connectivity index (χ1) is 11.3. The number of nitrogens with zero attached hydrogens (tertiary/aromatic N) is 1. The molecule has 0 aliphatic carbocycles. The Labute approximate surface area is 144 Å². The Morgan fingerprint density at radius 3 is 2.42 bits per heavy atom. The third kappa shape index (κ3) is 4.46. The van der Waals surface area contributed by atoms with Crippen LogP contribution in [0.25, 0.3) is 0 Å². The highest BCUT2D eigenvalue weighted by atomic mass is 35.5. The molecule has 8 heteroatoms. The predicted molar refractivity (Wildman–Crippen MR) is 89.3 cm³/mol. The summed E-state index contributed by atoms with van der Waals surface area (Å²) in [4.78, 5) is 10.6. The molecule has 0 aromatic heterocycles. The Morgan fingerprint density at radius 2 is 1.83 bits per heavy atom. The van der Waals surface area contributed by atoms with E-state index in [-0.39, 0.29) is 24.3 Å². The monoisotopic (exact) mass is 371 g/mol. The molecular weight excluding hydrogens is 357 g/mol. The molecule has 0 spiro atoms. The zero-order chi connectivity index (χ0) is 17.7. The second kappa shape index (κ2) is 7.63. The summed E-state index contributed by atoms with van der Waals surface area (Å²) in [6.45, 7) is -0.0354. The van der Waals surface area contributed by atoms with Crippen molar-refractivity contribution in [2.75, 3.05) is 10.8 Å². The third-order valence-electron chi connectivity index (χ3n) is 3.25. The summed E-state index contributed by atoms with van der Waals surface area (Å²) in [6.07, 6.45) is -0.0434. The molecule has 0 saturated heterocycles. The molecule has 0 radical (unpaired) electrons. The third-order valence-corrected chi connectivity index (χ3v) is 5.33. The summed E-state index contributed by atoms with van der Waals surface area (Å²) < 4.78 is 39.8. The van der Waals surface area contributed by atoms with Crippen LogP contribution in [0.3, 0.4) is 0 Å². The Balaban J connectivity index is 2.40. The van der Waals surface area contributed by atoms with E-state index in [1.54, 1.807) is 18.2 Å². The van der Waals surface area contributed by atoms with Crippen LogP contribution in [-0.4, -0.2) is 26.0 Å². The van der Waals surface area contributed by atoms with Crippen LogP contribution in [0.4, 0.5) is 10.1 Å². The lowest BCUT2D eigenvalue weighted by Crippen LogP contribution is -2.32. The van der Waals surface area contributed by atoms with Crippen LogP contribution in [0.1, 0.15) is 12.8 Å². The van der Waals surface area contributed by atoms with E-state index in [0.29, 0.717) is 10.7 Å². The highest BCUT2D eigenvalue weighted by Gasteiger charge is 2.25. The fraction of sp³-hybridized carbons (Fsp3) is 0.188. The molecule has 0 saturated carbocycles. The van der Waals surface area contributed by atoms with E-state index in [2.05, 4.69) is 0 Å². The second-order valence-electron chi connectivity index (χ2n) is 5.01. The fourth-order valence-electron chi connectivity index (χ4n) is 2.13. The van der Waals surface area contributed by atoms with Crippen LogP contribution in [0.2, 0.25) is 5.02 Å². The average Bonchev–Trinajstić information content (AvgIpc) is 2.51. The molecule has 0 atom stereocenters. The van der Waals surface area contributed by atoms with Crippen molar-refractivity contribution < 1.29 is 22.7 Å². The maximum Gasteiger partial charge on any atom is 0.303 e. The first-order valence-corrected chi connectivity index (χ1v) is 8.88. The Morgan fingerprint density at radius 1 is 1.17 bits per heavy atom. The van der Waals surface area contributed by atoms with Gasteiger partial charge in [-0.15, -0.1) is 0 Å².